The lowest BCUT2D eigenvalue weighted by molar-refractivity contribution is 0.174. The quantitative estimate of drug-likeness (QED) is 0.814. The van der Waals surface area contributed by atoms with Crippen molar-refractivity contribution in [2.45, 2.75) is 19.1 Å². The zero-order valence-electron chi connectivity index (χ0n) is 7.86. The molecule has 1 atom stereocenters. The number of nitrogens with zero attached hydrogens (tertiary/aromatic N) is 2. The molecule has 0 unspecified atom stereocenters. The maximum atomic E-state index is 9.36. The fraction of sp³-hybridized carbons (Fsp3) is 0.500. The third kappa shape index (κ3) is 2.53. The van der Waals surface area contributed by atoms with Crippen LogP contribution < -0.4 is 0 Å². The number of aliphatic hydroxyl groups is 1. The number of pyridine rings is 1. The molecule has 0 radical (unpaired) electrons. The number of aromatic nitrogens is 1. The van der Waals surface area contributed by atoms with Crippen LogP contribution in [0.25, 0.3) is 0 Å². The van der Waals surface area contributed by atoms with E-state index in [9.17, 15) is 5.11 Å². The van der Waals surface area contributed by atoms with Crippen LogP contribution in [-0.2, 0) is 6.54 Å². The molecule has 0 bridgehead atoms. The van der Waals surface area contributed by atoms with Crippen molar-refractivity contribution in [2.24, 2.45) is 0 Å². The molecule has 14 heavy (non-hydrogen) atoms. The average molecular weight is 257 g/mol. The van der Waals surface area contributed by atoms with E-state index < -0.39 is 0 Å². The second kappa shape index (κ2) is 4.38. The minimum absolute atomic E-state index is 0.140. The highest BCUT2D eigenvalue weighted by molar-refractivity contribution is 9.10. The van der Waals surface area contributed by atoms with E-state index in [4.69, 9.17) is 0 Å². The molecule has 76 valence electrons. The third-order valence-electron chi connectivity index (χ3n) is 2.44. The van der Waals surface area contributed by atoms with Crippen molar-refractivity contribution in [3.63, 3.8) is 0 Å². The van der Waals surface area contributed by atoms with Crippen molar-refractivity contribution in [2.75, 3.05) is 13.1 Å². The van der Waals surface area contributed by atoms with Crippen molar-refractivity contribution in [3.8, 4) is 0 Å². The van der Waals surface area contributed by atoms with Crippen LogP contribution in [0.4, 0.5) is 0 Å². The van der Waals surface area contributed by atoms with Crippen LogP contribution in [0.2, 0.25) is 0 Å². The van der Waals surface area contributed by atoms with Gasteiger partial charge in [0, 0.05) is 25.8 Å². The summed E-state index contributed by atoms with van der Waals surface area (Å²) in [5, 5.41) is 9.36. The normalized spacial score (nSPS) is 22.9. The summed E-state index contributed by atoms with van der Waals surface area (Å²) in [5.74, 6) is 0. The number of hydrogen-bond donors (Lipinski definition) is 1. The van der Waals surface area contributed by atoms with E-state index in [0.29, 0.717) is 0 Å². The van der Waals surface area contributed by atoms with E-state index >= 15 is 0 Å². The van der Waals surface area contributed by atoms with Gasteiger partial charge in [-0.05, 0) is 34.0 Å². The largest absolute Gasteiger partial charge is 0.392 e. The van der Waals surface area contributed by atoms with Gasteiger partial charge in [-0.1, -0.05) is 6.07 Å². The molecule has 0 aliphatic carbocycles. The standard InChI is InChI=1S/C10H13BrN2O/c11-10-2-1-8(5-12-10)6-13-4-3-9(14)7-13/h1-2,5,9,14H,3-4,6-7H2/t9-/m0/s1. The second-order valence-corrected chi connectivity index (χ2v) is 4.48. The Kier molecular flexibility index (Phi) is 3.15. The smallest absolute Gasteiger partial charge is 0.106 e. The van der Waals surface area contributed by atoms with Gasteiger partial charge in [0.15, 0.2) is 0 Å². The average Bonchev–Trinajstić information content (AvgIpc) is 2.56. The Morgan fingerprint density at radius 3 is 3.00 bits per heavy atom. The van der Waals surface area contributed by atoms with Crippen molar-refractivity contribution < 1.29 is 5.11 Å². The van der Waals surface area contributed by atoms with Gasteiger partial charge >= 0.3 is 0 Å². The second-order valence-electron chi connectivity index (χ2n) is 3.67. The highest BCUT2D eigenvalue weighted by Gasteiger charge is 2.19. The van der Waals surface area contributed by atoms with E-state index in [1.807, 2.05) is 12.3 Å². The lowest BCUT2D eigenvalue weighted by Crippen LogP contribution is -2.21. The van der Waals surface area contributed by atoms with Crippen LogP contribution in [0.1, 0.15) is 12.0 Å². The molecule has 1 aromatic rings. The predicted molar refractivity (Wildman–Crippen MR) is 57.8 cm³/mol. The molecule has 0 amide bonds. The van der Waals surface area contributed by atoms with Crippen LogP contribution in [0.5, 0.6) is 0 Å². The van der Waals surface area contributed by atoms with E-state index in [-0.39, 0.29) is 6.10 Å². The van der Waals surface area contributed by atoms with Crippen LogP contribution >= 0.6 is 15.9 Å². The summed E-state index contributed by atoms with van der Waals surface area (Å²) in [5.41, 5.74) is 1.20. The minimum Gasteiger partial charge on any atom is -0.392 e. The Morgan fingerprint density at radius 2 is 2.43 bits per heavy atom. The topological polar surface area (TPSA) is 36.4 Å². The fourth-order valence-corrected chi connectivity index (χ4v) is 1.95. The first kappa shape index (κ1) is 10.1. The summed E-state index contributed by atoms with van der Waals surface area (Å²) in [6.07, 6.45) is 2.62. The molecule has 1 aliphatic rings. The van der Waals surface area contributed by atoms with E-state index in [2.05, 4.69) is 31.9 Å². The van der Waals surface area contributed by atoms with Crippen molar-refractivity contribution in [3.05, 3.63) is 28.5 Å². The zero-order chi connectivity index (χ0) is 9.97. The molecule has 1 aromatic heterocycles. The summed E-state index contributed by atoms with van der Waals surface area (Å²) >= 11 is 3.30. The SMILES string of the molecule is O[C@H]1CCN(Cc2ccc(Br)nc2)C1. The summed E-state index contributed by atoms with van der Waals surface area (Å²) in [7, 11) is 0. The molecule has 1 saturated heterocycles. The monoisotopic (exact) mass is 256 g/mol. The number of β-amino-alcohol motifs (C(OH)–C–C–N with tert-alkyl or cyclic N) is 1. The first-order chi connectivity index (χ1) is 6.74. The maximum Gasteiger partial charge on any atom is 0.106 e. The Labute approximate surface area is 91.9 Å². The molecule has 2 heterocycles. The Hall–Kier alpha value is -0.450. The first-order valence-corrected chi connectivity index (χ1v) is 5.54. The molecule has 1 aliphatic heterocycles. The van der Waals surface area contributed by atoms with Crippen LogP contribution in [0, 0.1) is 0 Å². The summed E-state index contributed by atoms with van der Waals surface area (Å²) in [6.45, 7) is 2.66. The molecule has 2 rings (SSSR count). The molecule has 1 N–H and O–H groups in total. The lowest BCUT2D eigenvalue weighted by Gasteiger charge is -2.14. The number of aliphatic hydroxyl groups excluding tert-OH is 1. The molecular formula is C10H13BrN2O. The maximum absolute atomic E-state index is 9.36. The predicted octanol–water partition coefficient (Wildman–Crippen LogP) is 1.41. The molecule has 1 fully saturated rings. The molecular weight excluding hydrogens is 244 g/mol. The molecule has 0 spiro atoms. The summed E-state index contributed by atoms with van der Waals surface area (Å²) < 4.78 is 0.864. The Balaban J connectivity index is 1.94. The molecule has 0 aromatic carbocycles. The van der Waals surface area contributed by atoms with E-state index in [1.54, 1.807) is 0 Å². The molecule has 4 heteroatoms. The van der Waals surface area contributed by atoms with Gasteiger partial charge in [0.1, 0.15) is 4.60 Å². The molecule has 3 nitrogen and oxygen atoms in total. The number of rotatable bonds is 2. The van der Waals surface area contributed by atoms with Gasteiger partial charge in [0.05, 0.1) is 6.10 Å². The highest BCUT2D eigenvalue weighted by atomic mass is 79.9. The van der Waals surface area contributed by atoms with Crippen LogP contribution in [0.15, 0.2) is 22.9 Å². The fourth-order valence-electron chi connectivity index (χ4n) is 1.71. The Bertz CT molecular complexity index is 301. The Morgan fingerprint density at radius 1 is 1.57 bits per heavy atom. The number of likely N-dealkylation sites (tertiary alicyclic amines) is 1. The van der Waals surface area contributed by atoms with Gasteiger partial charge < -0.3 is 5.11 Å². The van der Waals surface area contributed by atoms with Gasteiger partial charge in [-0.25, -0.2) is 4.98 Å². The first-order valence-electron chi connectivity index (χ1n) is 4.75. The third-order valence-corrected chi connectivity index (χ3v) is 2.91. The van der Waals surface area contributed by atoms with Gasteiger partial charge in [0.25, 0.3) is 0 Å². The summed E-state index contributed by atoms with van der Waals surface area (Å²) in [4.78, 5) is 6.41. The zero-order valence-corrected chi connectivity index (χ0v) is 9.44. The van der Waals surface area contributed by atoms with Crippen LogP contribution in [0.3, 0.4) is 0 Å². The van der Waals surface area contributed by atoms with Crippen molar-refractivity contribution in [1.29, 1.82) is 0 Å². The summed E-state index contributed by atoms with van der Waals surface area (Å²) in [6, 6.07) is 4.00. The van der Waals surface area contributed by atoms with Crippen molar-refractivity contribution >= 4 is 15.9 Å². The lowest BCUT2D eigenvalue weighted by atomic mass is 10.3. The number of hydrogen-bond acceptors (Lipinski definition) is 3. The molecule has 0 saturated carbocycles. The number of halogens is 1. The minimum atomic E-state index is -0.140. The highest BCUT2D eigenvalue weighted by Crippen LogP contribution is 2.13. The van der Waals surface area contributed by atoms with Crippen molar-refractivity contribution in [1.82, 2.24) is 9.88 Å². The van der Waals surface area contributed by atoms with Gasteiger partial charge in [-0.3, -0.25) is 4.90 Å². The van der Waals surface area contributed by atoms with Crippen LogP contribution in [-0.4, -0.2) is 34.2 Å². The van der Waals surface area contributed by atoms with E-state index in [1.165, 1.54) is 5.56 Å². The van der Waals surface area contributed by atoms with E-state index in [0.717, 1.165) is 30.7 Å². The van der Waals surface area contributed by atoms with Gasteiger partial charge in [-0.2, -0.15) is 0 Å². The van der Waals surface area contributed by atoms with Gasteiger partial charge in [-0.15, -0.1) is 0 Å². The van der Waals surface area contributed by atoms with Gasteiger partial charge in [0.2, 0.25) is 0 Å².